The summed E-state index contributed by atoms with van der Waals surface area (Å²) < 4.78 is 15.3. The molecule has 0 aliphatic heterocycles. The largest absolute Gasteiger partial charge is 0.384 e. The fraction of sp³-hybridized carbons (Fsp3) is 0.429. The van der Waals surface area contributed by atoms with Gasteiger partial charge in [0.2, 0.25) is 0 Å². The van der Waals surface area contributed by atoms with Crippen molar-refractivity contribution in [3.63, 3.8) is 0 Å². The Labute approximate surface area is 101 Å². The Hall–Kier alpha value is -1.35. The normalized spacial score (nSPS) is 12.6. The average molecular weight is 235 g/mol. The minimum absolute atomic E-state index is 0.177. The molecule has 92 valence electrons. The molecule has 0 spiro atoms. The minimum atomic E-state index is -0.931. The average Bonchev–Trinajstić information content (AvgIpc) is 2.55. The first-order chi connectivity index (χ1) is 7.80. The maximum atomic E-state index is 13.3. The molecule has 1 aromatic heterocycles. The summed E-state index contributed by atoms with van der Waals surface area (Å²) in [5.41, 5.74) is 0.713. The van der Waals surface area contributed by atoms with Gasteiger partial charge in [0.1, 0.15) is 5.82 Å². The van der Waals surface area contributed by atoms with Crippen LogP contribution in [0.2, 0.25) is 0 Å². The van der Waals surface area contributed by atoms with E-state index in [1.807, 2.05) is 24.5 Å². The molecule has 0 saturated carbocycles. The summed E-state index contributed by atoms with van der Waals surface area (Å²) in [6.07, 6.45) is 0. The second kappa shape index (κ2) is 3.84. The van der Waals surface area contributed by atoms with Crippen molar-refractivity contribution in [1.82, 2.24) is 4.57 Å². The van der Waals surface area contributed by atoms with Crippen molar-refractivity contribution >= 4 is 10.9 Å². The molecule has 0 radical (unpaired) electrons. The highest BCUT2D eigenvalue weighted by Gasteiger charge is 2.24. The molecule has 1 aromatic carbocycles. The highest BCUT2D eigenvalue weighted by molar-refractivity contribution is 5.82. The van der Waals surface area contributed by atoms with Gasteiger partial charge in [-0.3, -0.25) is 0 Å². The summed E-state index contributed by atoms with van der Waals surface area (Å²) >= 11 is 0. The molecular weight excluding hydrogens is 217 g/mol. The van der Waals surface area contributed by atoms with Crippen molar-refractivity contribution < 1.29 is 9.50 Å². The van der Waals surface area contributed by atoms with Gasteiger partial charge in [-0.1, -0.05) is 0 Å². The van der Waals surface area contributed by atoms with E-state index in [9.17, 15) is 9.50 Å². The van der Waals surface area contributed by atoms with Crippen molar-refractivity contribution in [2.75, 3.05) is 0 Å². The zero-order valence-corrected chi connectivity index (χ0v) is 10.7. The number of aromatic nitrogens is 1. The van der Waals surface area contributed by atoms with Crippen molar-refractivity contribution in [2.45, 2.75) is 39.3 Å². The molecule has 0 amide bonds. The Kier molecular flexibility index (Phi) is 2.74. The minimum Gasteiger partial charge on any atom is -0.384 e. The van der Waals surface area contributed by atoms with E-state index in [0.29, 0.717) is 0 Å². The molecule has 0 fully saturated rings. The van der Waals surface area contributed by atoms with Gasteiger partial charge in [-0.15, -0.1) is 0 Å². The third kappa shape index (κ3) is 2.07. The van der Waals surface area contributed by atoms with E-state index in [4.69, 9.17) is 0 Å². The van der Waals surface area contributed by atoms with Crippen LogP contribution in [-0.4, -0.2) is 9.67 Å². The Morgan fingerprint density at radius 3 is 2.41 bits per heavy atom. The summed E-state index contributed by atoms with van der Waals surface area (Å²) in [5.74, 6) is -0.250. The van der Waals surface area contributed by atoms with Crippen LogP contribution >= 0.6 is 0 Å². The third-order valence-corrected chi connectivity index (χ3v) is 2.95. The van der Waals surface area contributed by atoms with Crippen LogP contribution < -0.4 is 0 Å². The number of aliphatic hydroxyl groups is 1. The van der Waals surface area contributed by atoms with Crippen LogP contribution in [0.1, 0.15) is 39.4 Å². The van der Waals surface area contributed by atoms with E-state index in [1.165, 1.54) is 12.1 Å². The lowest BCUT2D eigenvalue weighted by molar-refractivity contribution is 0.0691. The molecule has 0 unspecified atom stereocenters. The summed E-state index contributed by atoms with van der Waals surface area (Å²) in [6.45, 7) is 7.55. The van der Waals surface area contributed by atoms with Crippen LogP contribution in [0, 0.1) is 5.82 Å². The molecular formula is C14H18FNO. The predicted molar refractivity (Wildman–Crippen MR) is 67.5 cm³/mol. The number of rotatable bonds is 2. The summed E-state index contributed by atoms with van der Waals surface area (Å²) in [5, 5.41) is 11.1. The molecule has 0 bridgehead atoms. The number of fused-ring (bicyclic) bond motifs is 1. The van der Waals surface area contributed by atoms with Crippen LogP contribution in [0.15, 0.2) is 24.3 Å². The van der Waals surface area contributed by atoms with E-state index in [2.05, 4.69) is 0 Å². The SMILES string of the molecule is CC(C)n1c(C(C)(C)O)cc2ccc(F)cc21. The topological polar surface area (TPSA) is 25.2 Å². The van der Waals surface area contributed by atoms with Crippen molar-refractivity contribution in [2.24, 2.45) is 0 Å². The van der Waals surface area contributed by atoms with Crippen LogP contribution in [0.4, 0.5) is 4.39 Å². The molecule has 17 heavy (non-hydrogen) atoms. The quantitative estimate of drug-likeness (QED) is 0.845. The summed E-state index contributed by atoms with van der Waals surface area (Å²) in [7, 11) is 0. The Morgan fingerprint density at radius 1 is 1.24 bits per heavy atom. The van der Waals surface area contributed by atoms with Gasteiger partial charge in [-0.25, -0.2) is 4.39 Å². The fourth-order valence-electron chi connectivity index (χ4n) is 2.22. The lowest BCUT2D eigenvalue weighted by Gasteiger charge is -2.23. The van der Waals surface area contributed by atoms with Gasteiger partial charge < -0.3 is 9.67 Å². The zero-order valence-electron chi connectivity index (χ0n) is 10.7. The molecule has 2 nitrogen and oxygen atoms in total. The number of nitrogens with zero attached hydrogens (tertiary/aromatic N) is 1. The van der Waals surface area contributed by atoms with Gasteiger partial charge in [-0.05, 0) is 52.0 Å². The monoisotopic (exact) mass is 235 g/mol. The molecule has 0 aliphatic carbocycles. The first-order valence-electron chi connectivity index (χ1n) is 5.84. The maximum absolute atomic E-state index is 13.3. The third-order valence-electron chi connectivity index (χ3n) is 2.95. The highest BCUT2D eigenvalue weighted by Crippen LogP contribution is 2.31. The van der Waals surface area contributed by atoms with Crippen LogP contribution in [0.5, 0.6) is 0 Å². The Balaban J connectivity index is 2.81. The fourth-order valence-corrected chi connectivity index (χ4v) is 2.22. The number of hydrogen-bond donors (Lipinski definition) is 1. The smallest absolute Gasteiger partial charge is 0.125 e. The van der Waals surface area contributed by atoms with Crippen LogP contribution in [0.3, 0.4) is 0 Å². The van der Waals surface area contributed by atoms with E-state index >= 15 is 0 Å². The standard InChI is InChI=1S/C14H18FNO/c1-9(2)16-12-8-11(15)6-5-10(12)7-13(16)14(3,4)17/h5-9,17H,1-4H3. The molecule has 1 N–H and O–H groups in total. The van der Waals surface area contributed by atoms with Crippen molar-refractivity contribution in [3.8, 4) is 0 Å². The van der Waals surface area contributed by atoms with E-state index in [-0.39, 0.29) is 11.9 Å². The van der Waals surface area contributed by atoms with Gasteiger partial charge in [0.05, 0.1) is 16.8 Å². The second-order valence-corrected chi connectivity index (χ2v) is 5.26. The van der Waals surface area contributed by atoms with Gasteiger partial charge >= 0.3 is 0 Å². The highest BCUT2D eigenvalue weighted by atomic mass is 19.1. The van der Waals surface area contributed by atoms with Gasteiger partial charge in [0.25, 0.3) is 0 Å². The van der Waals surface area contributed by atoms with Gasteiger partial charge in [0, 0.05) is 11.4 Å². The van der Waals surface area contributed by atoms with Gasteiger partial charge in [-0.2, -0.15) is 0 Å². The molecule has 0 saturated heterocycles. The number of hydrogen-bond acceptors (Lipinski definition) is 1. The molecule has 1 heterocycles. The van der Waals surface area contributed by atoms with E-state index in [0.717, 1.165) is 16.6 Å². The maximum Gasteiger partial charge on any atom is 0.125 e. The van der Waals surface area contributed by atoms with Crippen molar-refractivity contribution in [1.29, 1.82) is 0 Å². The molecule has 3 heteroatoms. The lowest BCUT2D eigenvalue weighted by atomic mass is 10.1. The van der Waals surface area contributed by atoms with Crippen LogP contribution in [-0.2, 0) is 5.60 Å². The molecule has 2 aromatic rings. The summed E-state index contributed by atoms with van der Waals surface area (Å²) in [6, 6.07) is 6.81. The van der Waals surface area contributed by atoms with E-state index in [1.54, 1.807) is 19.9 Å². The first kappa shape index (κ1) is 12.1. The summed E-state index contributed by atoms with van der Waals surface area (Å²) in [4.78, 5) is 0. The van der Waals surface area contributed by atoms with Gasteiger partial charge in [0.15, 0.2) is 0 Å². The molecule has 0 atom stereocenters. The first-order valence-corrected chi connectivity index (χ1v) is 5.84. The lowest BCUT2D eigenvalue weighted by Crippen LogP contribution is -2.21. The second-order valence-electron chi connectivity index (χ2n) is 5.26. The van der Waals surface area contributed by atoms with E-state index < -0.39 is 5.60 Å². The molecule has 0 aliphatic rings. The Morgan fingerprint density at radius 2 is 1.88 bits per heavy atom. The van der Waals surface area contributed by atoms with Crippen molar-refractivity contribution in [3.05, 3.63) is 35.8 Å². The Bertz CT molecular complexity index is 549. The molecule has 2 rings (SSSR count). The number of halogens is 1. The van der Waals surface area contributed by atoms with Crippen LogP contribution in [0.25, 0.3) is 10.9 Å². The number of benzene rings is 1. The zero-order chi connectivity index (χ0) is 12.8. The predicted octanol–water partition coefficient (Wildman–Crippen LogP) is 3.59.